The number of hydrogen-bond donors (Lipinski definition) is 0. The predicted octanol–water partition coefficient (Wildman–Crippen LogP) is 13.5. The molecule has 238 valence electrons. The van der Waals surface area contributed by atoms with Crippen LogP contribution in [0, 0.1) is 0 Å². The highest BCUT2D eigenvalue weighted by atomic mass is 16.3. The van der Waals surface area contributed by atoms with Crippen molar-refractivity contribution in [3.63, 3.8) is 0 Å². The number of para-hydroxylation sites is 3. The summed E-state index contributed by atoms with van der Waals surface area (Å²) in [6.07, 6.45) is 0. The quantitative estimate of drug-likeness (QED) is 0.185. The van der Waals surface area contributed by atoms with Crippen molar-refractivity contribution in [2.75, 3.05) is 4.90 Å². The molecule has 0 bridgehead atoms. The average Bonchev–Trinajstić information content (AvgIpc) is 3.85. The lowest BCUT2D eigenvalue weighted by Crippen LogP contribution is -2.10. The van der Waals surface area contributed by atoms with Gasteiger partial charge in [0, 0.05) is 49.4 Å². The summed E-state index contributed by atoms with van der Waals surface area (Å²) in [5, 5.41) is 7.33. The fourth-order valence-corrected chi connectivity index (χ4v) is 8.15. The maximum absolute atomic E-state index is 6.12. The van der Waals surface area contributed by atoms with Gasteiger partial charge in [-0.2, -0.15) is 0 Å². The Bertz CT molecular complexity index is 2980. The average molecular weight is 651 g/mol. The van der Waals surface area contributed by atoms with Gasteiger partial charge in [-0.25, -0.2) is 0 Å². The van der Waals surface area contributed by atoms with E-state index >= 15 is 0 Å². The summed E-state index contributed by atoms with van der Waals surface area (Å²) in [6.45, 7) is 0. The molecule has 11 aromatic rings. The van der Waals surface area contributed by atoms with Crippen molar-refractivity contribution in [1.29, 1.82) is 0 Å². The van der Waals surface area contributed by atoms with Gasteiger partial charge in [-0.1, -0.05) is 115 Å². The monoisotopic (exact) mass is 650 g/mol. The smallest absolute Gasteiger partial charge is 0.135 e. The second kappa shape index (κ2) is 10.8. The number of hydrogen-bond acceptors (Lipinski definition) is 2. The van der Waals surface area contributed by atoms with Gasteiger partial charge in [0.05, 0.1) is 16.6 Å². The molecule has 0 spiro atoms. The first-order valence-electron chi connectivity index (χ1n) is 17.4. The first-order chi connectivity index (χ1) is 25.3. The zero-order chi connectivity index (χ0) is 33.5. The van der Waals surface area contributed by atoms with E-state index in [0.29, 0.717) is 0 Å². The molecule has 0 radical (unpaired) electrons. The number of furan rings is 1. The van der Waals surface area contributed by atoms with Crippen LogP contribution in [-0.2, 0) is 0 Å². The van der Waals surface area contributed by atoms with E-state index in [0.717, 1.165) is 44.6 Å². The summed E-state index contributed by atoms with van der Waals surface area (Å²) in [5.74, 6) is 0. The van der Waals surface area contributed by atoms with E-state index in [1.165, 1.54) is 54.8 Å². The van der Waals surface area contributed by atoms with Crippen LogP contribution in [0.25, 0.3) is 82.3 Å². The molecule has 0 N–H and O–H groups in total. The fraction of sp³-hybridized carbons (Fsp3) is 0. The van der Waals surface area contributed by atoms with Crippen LogP contribution >= 0.6 is 0 Å². The van der Waals surface area contributed by atoms with Crippen LogP contribution in [-0.4, -0.2) is 4.40 Å². The molecule has 0 fully saturated rings. The van der Waals surface area contributed by atoms with E-state index in [4.69, 9.17) is 4.42 Å². The van der Waals surface area contributed by atoms with Gasteiger partial charge in [0.25, 0.3) is 0 Å². The molecular weight excluding hydrogens is 621 g/mol. The summed E-state index contributed by atoms with van der Waals surface area (Å²) >= 11 is 0. The molecule has 0 amide bonds. The fourth-order valence-electron chi connectivity index (χ4n) is 8.15. The van der Waals surface area contributed by atoms with E-state index in [2.05, 4.69) is 179 Å². The lowest BCUT2D eigenvalue weighted by atomic mass is 10.0. The first-order valence-corrected chi connectivity index (χ1v) is 17.4. The van der Waals surface area contributed by atoms with E-state index < -0.39 is 0 Å². The standard InChI is InChI=1S/C48H30N2O/c1-2-10-31(11-3-1)32-18-23-35(24-19-32)49(36-25-20-33(21-26-36)34-22-27-47-41(28-34)40-14-6-9-17-46(40)51-47)37-29-42-38-12-4-7-15-44(38)50-45-16-8-5-13-39(45)43(30-37)48(42)50/h1-30H. The van der Waals surface area contributed by atoms with Crippen molar-refractivity contribution < 1.29 is 4.42 Å². The Hall–Kier alpha value is -6.84. The Kier molecular flexibility index (Phi) is 5.96. The van der Waals surface area contributed by atoms with E-state index in [-0.39, 0.29) is 0 Å². The second-order valence-electron chi connectivity index (χ2n) is 13.4. The molecule has 0 aliphatic rings. The van der Waals surface area contributed by atoms with E-state index in [1.807, 2.05) is 12.1 Å². The molecule has 0 unspecified atom stereocenters. The molecule has 0 saturated heterocycles. The Morgan fingerprint density at radius 1 is 0.333 bits per heavy atom. The SMILES string of the molecule is c1ccc(-c2ccc(N(c3ccc(-c4ccc5oc6ccccc6c5c4)cc3)c3cc4c5ccccc5n5c6ccccc6c(c3)c45)cc2)cc1. The molecule has 0 aliphatic carbocycles. The van der Waals surface area contributed by atoms with Gasteiger partial charge in [-0.3, -0.25) is 0 Å². The third-order valence-corrected chi connectivity index (χ3v) is 10.5. The number of aromatic nitrogens is 1. The summed E-state index contributed by atoms with van der Waals surface area (Å²) in [6, 6.07) is 65.6. The van der Waals surface area contributed by atoms with Crippen LogP contribution in [0.15, 0.2) is 186 Å². The molecular formula is C48H30N2O. The van der Waals surface area contributed by atoms with E-state index in [9.17, 15) is 0 Å². The zero-order valence-electron chi connectivity index (χ0n) is 27.6. The molecule has 11 rings (SSSR count). The third-order valence-electron chi connectivity index (χ3n) is 10.5. The van der Waals surface area contributed by atoms with Crippen LogP contribution in [0.4, 0.5) is 17.1 Å². The first kappa shape index (κ1) is 28.0. The van der Waals surface area contributed by atoms with Crippen molar-refractivity contribution in [2.45, 2.75) is 0 Å². The Balaban J connectivity index is 1.10. The topological polar surface area (TPSA) is 20.8 Å². The van der Waals surface area contributed by atoms with Crippen molar-refractivity contribution >= 4 is 77.1 Å². The minimum Gasteiger partial charge on any atom is -0.456 e. The molecule has 3 nitrogen and oxygen atoms in total. The summed E-state index contributed by atoms with van der Waals surface area (Å²) in [4.78, 5) is 2.40. The van der Waals surface area contributed by atoms with Gasteiger partial charge in [0.2, 0.25) is 0 Å². The summed E-state index contributed by atoms with van der Waals surface area (Å²) in [5.41, 5.74) is 13.6. The molecule has 8 aromatic carbocycles. The maximum Gasteiger partial charge on any atom is 0.135 e. The Morgan fingerprint density at radius 2 is 0.824 bits per heavy atom. The molecule has 0 saturated carbocycles. The Labute approximate surface area is 294 Å². The normalized spacial score (nSPS) is 11.9. The van der Waals surface area contributed by atoms with Crippen LogP contribution in [0.3, 0.4) is 0 Å². The second-order valence-corrected chi connectivity index (χ2v) is 13.4. The van der Waals surface area contributed by atoms with Crippen LogP contribution < -0.4 is 4.90 Å². The van der Waals surface area contributed by atoms with Gasteiger partial charge in [-0.05, 0) is 89.0 Å². The lowest BCUT2D eigenvalue weighted by molar-refractivity contribution is 0.669. The number of nitrogens with zero attached hydrogens (tertiary/aromatic N) is 2. The van der Waals surface area contributed by atoms with Gasteiger partial charge >= 0.3 is 0 Å². The van der Waals surface area contributed by atoms with Gasteiger partial charge in [0.1, 0.15) is 11.2 Å². The molecule has 3 heteroatoms. The Morgan fingerprint density at radius 3 is 1.47 bits per heavy atom. The number of fused-ring (bicyclic) bond motifs is 9. The predicted molar refractivity (Wildman–Crippen MR) is 214 cm³/mol. The lowest BCUT2D eigenvalue weighted by Gasteiger charge is -2.26. The molecule has 0 aliphatic heterocycles. The number of benzene rings is 8. The number of rotatable bonds is 5. The van der Waals surface area contributed by atoms with Crippen LogP contribution in [0.5, 0.6) is 0 Å². The van der Waals surface area contributed by atoms with Crippen molar-refractivity contribution in [2.24, 2.45) is 0 Å². The molecule has 51 heavy (non-hydrogen) atoms. The molecule has 3 heterocycles. The molecule has 0 atom stereocenters. The largest absolute Gasteiger partial charge is 0.456 e. The van der Waals surface area contributed by atoms with Gasteiger partial charge in [-0.15, -0.1) is 0 Å². The summed E-state index contributed by atoms with van der Waals surface area (Å²) in [7, 11) is 0. The maximum atomic E-state index is 6.12. The number of anilines is 3. The van der Waals surface area contributed by atoms with Crippen molar-refractivity contribution in [1.82, 2.24) is 4.40 Å². The summed E-state index contributed by atoms with van der Waals surface area (Å²) < 4.78 is 8.55. The highest BCUT2D eigenvalue weighted by Gasteiger charge is 2.21. The highest BCUT2D eigenvalue weighted by Crippen LogP contribution is 2.45. The van der Waals surface area contributed by atoms with Crippen LogP contribution in [0.2, 0.25) is 0 Å². The molecule has 3 aromatic heterocycles. The third kappa shape index (κ3) is 4.25. The highest BCUT2D eigenvalue weighted by molar-refractivity contribution is 6.24. The van der Waals surface area contributed by atoms with Crippen LogP contribution in [0.1, 0.15) is 0 Å². The van der Waals surface area contributed by atoms with E-state index in [1.54, 1.807) is 0 Å². The minimum atomic E-state index is 0.910. The minimum absolute atomic E-state index is 0.910. The van der Waals surface area contributed by atoms with Gasteiger partial charge < -0.3 is 13.7 Å². The van der Waals surface area contributed by atoms with Gasteiger partial charge in [0.15, 0.2) is 0 Å². The van der Waals surface area contributed by atoms with Crippen molar-refractivity contribution in [3.8, 4) is 22.3 Å². The zero-order valence-corrected chi connectivity index (χ0v) is 27.6. The van der Waals surface area contributed by atoms with Crippen molar-refractivity contribution in [3.05, 3.63) is 182 Å².